The number of nitrogens with one attached hydrogen (secondary N) is 2. The molecule has 2 N–H and O–H groups in total. The second kappa shape index (κ2) is 6.48. The van der Waals surface area contributed by atoms with Crippen molar-refractivity contribution in [1.29, 1.82) is 0 Å². The summed E-state index contributed by atoms with van der Waals surface area (Å²) in [7, 11) is 2.25. The zero-order chi connectivity index (χ0) is 14.7. The minimum atomic E-state index is 0.0881. The Morgan fingerprint density at radius 3 is 2.52 bits per heavy atom. The van der Waals surface area contributed by atoms with Gasteiger partial charge < -0.3 is 15.5 Å². The molecule has 0 aliphatic carbocycles. The molecule has 4 nitrogen and oxygen atoms in total. The number of anilines is 1. The van der Waals surface area contributed by atoms with Gasteiger partial charge in [0.15, 0.2) is 0 Å². The van der Waals surface area contributed by atoms with E-state index in [4.69, 9.17) is 0 Å². The third kappa shape index (κ3) is 3.56. The van der Waals surface area contributed by atoms with E-state index in [1.807, 2.05) is 30.3 Å². The Kier molecular flexibility index (Phi) is 4.44. The van der Waals surface area contributed by atoms with Gasteiger partial charge in [0.2, 0.25) is 5.91 Å². The molecule has 1 aromatic rings. The van der Waals surface area contributed by atoms with Crippen LogP contribution < -0.4 is 10.6 Å². The molecule has 2 saturated heterocycles. The number of fused-ring (bicyclic) bond motifs is 2. The Morgan fingerprint density at radius 2 is 1.86 bits per heavy atom. The van der Waals surface area contributed by atoms with Crippen LogP contribution in [0.5, 0.6) is 0 Å². The standard InChI is InChI=1S/C17H25N3O/c1-20-15-7-8-16(20)10-13(9-15)11-19-17(21)12-18-14-5-3-2-4-6-14/h2-6,13,15-16,18H,7-12H2,1H3,(H,19,21). The van der Waals surface area contributed by atoms with Crippen LogP contribution in [0.4, 0.5) is 5.69 Å². The predicted molar refractivity (Wildman–Crippen MR) is 85.2 cm³/mol. The van der Waals surface area contributed by atoms with Crippen LogP contribution in [0.2, 0.25) is 0 Å². The first-order chi connectivity index (χ1) is 10.2. The normalized spacial score (nSPS) is 28.3. The fraction of sp³-hybridized carbons (Fsp3) is 0.588. The highest BCUT2D eigenvalue weighted by atomic mass is 16.1. The fourth-order valence-corrected chi connectivity index (χ4v) is 3.75. The minimum absolute atomic E-state index is 0.0881. The van der Waals surface area contributed by atoms with Crippen LogP contribution in [0.25, 0.3) is 0 Å². The third-order valence-corrected chi connectivity index (χ3v) is 5.01. The molecule has 4 heteroatoms. The molecule has 2 aliphatic heterocycles. The van der Waals surface area contributed by atoms with E-state index in [9.17, 15) is 4.79 Å². The molecule has 2 unspecified atom stereocenters. The molecule has 2 atom stereocenters. The third-order valence-electron chi connectivity index (χ3n) is 5.01. The topological polar surface area (TPSA) is 44.4 Å². The van der Waals surface area contributed by atoms with Gasteiger partial charge in [-0.05, 0) is 50.8 Å². The summed E-state index contributed by atoms with van der Waals surface area (Å²) in [5.41, 5.74) is 0.991. The van der Waals surface area contributed by atoms with Crippen molar-refractivity contribution in [3.8, 4) is 0 Å². The number of carbonyl (C=O) groups is 1. The lowest BCUT2D eigenvalue weighted by Crippen LogP contribution is -2.44. The summed E-state index contributed by atoms with van der Waals surface area (Å²) in [6.07, 6.45) is 5.14. The Morgan fingerprint density at radius 1 is 1.19 bits per heavy atom. The average Bonchev–Trinajstić information content (AvgIpc) is 2.74. The summed E-state index contributed by atoms with van der Waals surface area (Å²) in [5, 5.41) is 6.24. The quantitative estimate of drug-likeness (QED) is 0.871. The van der Waals surface area contributed by atoms with Crippen molar-refractivity contribution in [3.05, 3.63) is 30.3 Å². The Balaban J connectivity index is 1.38. The van der Waals surface area contributed by atoms with Gasteiger partial charge in [0.1, 0.15) is 0 Å². The lowest BCUT2D eigenvalue weighted by molar-refractivity contribution is -0.119. The van der Waals surface area contributed by atoms with Crippen LogP contribution in [0.3, 0.4) is 0 Å². The van der Waals surface area contributed by atoms with Gasteiger partial charge in [-0.3, -0.25) is 4.79 Å². The predicted octanol–water partition coefficient (Wildman–Crippen LogP) is 2.09. The number of hydrogen-bond acceptors (Lipinski definition) is 3. The van der Waals surface area contributed by atoms with Crippen molar-refractivity contribution in [2.24, 2.45) is 5.92 Å². The summed E-state index contributed by atoms with van der Waals surface area (Å²) in [6, 6.07) is 11.3. The molecule has 3 rings (SSSR count). The van der Waals surface area contributed by atoms with Gasteiger partial charge in [0.05, 0.1) is 6.54 Å². The number of benzene rings is 1. The largest absolute Gasteiger partial charge is 0.376 e. The van der Waals surface area contributed by atoms with Crippen LogP contribution in [-0.4, -0.2) is 43.0 Å². The fourth-order valence-electron chi connectivity index (χ4n) is 3.75. The second-order valence-corrected chi connectivity index (χ2v) is 6.41. The zero-order valence-electron chi connectivity index (χ0n) is 12.7. The molecule has 114 valence electrons. The number of nitrogens with zero attached hydrogens (tertiary/aromatic N) is 1. The number of piperidine rings is 1. The van der Waals surface area contributed by atoms with Gasteiger partial charge in [0.25, 0.3) is 0 Å². The van der Waals surface area contributed by atoms with Gasteiger partial charge in [-0.2, -0.15) is 0 Å². The molecular weight excluding hydrogens is 262 g/mol. The van der Waals surface area contributed by atoms with Crippen LogP contribution in [0.1, 0.15) is 25.7 Å². The smallest absolute Gasteiger partial charge is 0.239 e. The molecule has 2 heterocycles. The SMILES string of the molecule is CN1C2CCC1CC(CNC(=O)CNc1ccccc1)C2. The van der Waals surface area contributed by atoms with E-state index in [0.717, 1.165) is 24.3 Å². The molecular formula is C17H25N3O. The molecule has 2 bridgehead atoms. The average molecular weight is 287 g/mol. The maximum Gasteiger partial charge on any atom is 0.239 e. The van der Waals surface area contributed by atoms with Gasteiger partial charge in [0, 0.05) is 24.3 Å². The molecule has 0 spiro atoms. The van der Waals surface area contributed by atoms with Gasteiger partial charge in [-0.1, -0.05) is 18.2 Å². The number of para-hydroxylation sites is 1. The van der Waals surface area contributed by atoms with E-state index in [0.29, 0.717) is 12.5 Å². The molecule has 1 aromatic carbocycles. The molecule has 0 aromatic heterocycles. The molecule has 2 fully saturated rings. The van der Waals surface area contributed by atoms with E-state index in [1.165, 1.54) is 25.7 Å². The highest BCUT2D eigenvalue weighted by Crippen LogP contribution is 2.36. The van der Waals surface area contributed by atoms with Crippen molar-refractivity contribution in [1.82, 2.24) is 10.2 Å². The van der Waals surface area contributed by atoms with Crippen LogP contribution in [0, 0.1) is 5.92 Å². The van der Waals surface area contributed by atoms with Crippen molar-refractivity contribution in [2.45, 2.75) is 37.8 Å². The van der Waals surface area contributed by atoms with Crippen molar-refractivity contribution in [3.63, 3.8) is 0 Å². The maximum atomic E-state index is 11.9. The Bertz CT molecular complexity index is 462. The van der Waals surface area contributed by atoms with Crippen LogP contribution in [0.15, 0.2) is 30.3 Å². The number of hydrogen-bond donors (Lipinski definition) is 2. The number of amides is 1. The van der Waals surface area contributed by atoms with Crippen molar-refractivity contribution in [2.75, 3.05) is 25.5 Å². The minimum Gasteiger partial charge on any atom is -0.376 e. The molecule has 2 aliphatic rings. The van der Waals surface area contributed by atoms with Gasteiger partial charge in [-0.15, -0.1) is 0 Å². The molecule has 0 saturated carbocycles. The molecule has 1 amide bonds. The highest BCUT2D eigenvalue weighted by Gasteiger charge is 2.38. The van der Waals surface area contributed by atoms with E-state index < -0.39 is 0 Å². The maximum absolute atomic E-state index is 11.9. The van der Waals surface area contributed by atoms with E-state index >= 15 is 0 Å². The van der Waals surface area contributed by atoms with Crippen molar-refractivity contribution < 1.29 is 4.79 Å². The summed E-state index contributed by atoms with van der Waals surface area (Å²) < 4.78 is 0. The highest BCUT2D eigenvalue weighted by molar-refractivity contribution is 5.80. The first-order valence-corrected chi connectivity index (χ1v) is 8.00. The number of carbonyl (C=O) groups excluding carboxylic acids is 1. The van der Waals surface area contributed by atoms with Crippen LogP contribution >= 0.6 is 0 Å². The zero-order valence-corrected chi connectivity index (χ0v) is 12.7. The first-order valence-electron chi connectivity index (χ1n) is 8.00. The Hall–Kier alpha value is -1.55. The molecule has 21 heavy (non-hydrogen) atoms. The van der Waals surface area contributed by atoms with Crippen LogP contribution in [-0.2, 0) is 4.79 Å². The van der Waals surface area contributed by atoms with E-state index in [1.54, 1.807) is 0 Å². The van der Waals surface area contributed by atoms with Crippen molar-refractivity contribution >= 4 is 11.6 Å². The first kappa shape index (κ1) is 14.4. The summed E-state index contributed by atoms with van der Waals surface area (Å²) >= 11 is 0. The summed E-state index contributed by atoms with van der Waals surface area (Å²) in [6.45, 7) is 1.18. The van der Waals surface area contributed by atoms with E-state index in [2.05, 4.69) is 22.6 Å². The number of rotatable bonds is 5. The lowest BCUT2D eigenvalue weighted by atomic mass is 9.91. The van der Waals surface area contributed by atoms with Gasteiger partial charge in [-0.25, -0.2) is 0 Å². The summed E-state index contributed by atoms with van der Waals surface area (Å²) in [4.78, 5) is 14.5. The van der Waals surface area contributed by atoms with E-state index in [-0.39, 0.29) is 5.91 Å². The lowest BCUT2D eigenvalue weighted by Gasteiger charge is -2.36. The summed E-state index contributed by atoms with van der Waals surface area (Å²) in [5.74, 6) is 0.740. The van der Waals surface area contributed by atoms with Gasteiger partial charge >= 0.3 is 0 Å². The monoisotopic (exact) mass is 287 g/mol. The Labute approximate surface area is 126 Å². The second-order valence-electron chi connectivity index (χ2n) is 6.41. The molecule has 0 radical (unpaired) electrons.